The Morgan fingerprint density at radius 3 is 2.00 bits per heavy atom. The van der Waals surface area contributed by atoms with Gasteiger partial charge in [-0.2, -0.15) is 0 Å². The van der Waals surface area contributed by atoms with Crippen molar-refractivity contribution in [1.82, 2.24) is 5.32 Å². The topological polar surface area (TPSA) is 29.1 Å². The van der Waals surface area contributed by atoms with E-state index in [4.69, 9.17) is 0 Å². The molecule has 0 aliphatic heterocycles. The monoisotopic (exact) mass is 225 g/mol. The summed E-state index contributed by atoms with van der Waals surface area (Å²) in [4.78, 5) is 11.9. The van der Waals surface area contributed by atoms with Gasteiger partial charge in [0.1, 0.15) is 0 Å². The summed E-state index contributed by atoms with van der Waals surface area (Å²) in [6, 6.07) is 0. The van der Waals surface area contributed by atoms with Crippen molar-refractivity contribution in [3.8, 4) is 0 Å². The Balaban J connectivity index is 2.33. The number of nitrogens with one attached hydrogen (secondary N) is 1. The van der Waals surface area contributed by atoms with E-state index in [0.717, 1.165) is 6.54 Å². The third kappa shape index (κ3) is 3.80. The van der Waals surface area contributed by atoms with Gasteiger partial charge in [-0.05, 0) is 36.5 Å². The van der Waals surface area contributed by atoms with Crippen LogP contribution in [0.2, 0.25) is 0 Å². The average molecular weight is 225 g/mol. The number of amides is 1. The zero-order valence-corrected chi connectivity index (χ0v) is 11.4. The van der Waals surface area contributed by atoms with Gasteiger partial charge in [0.05, 0.1) is 0 Å². The normalized spacial score (nSPS) is 18.2. The van der Waals surface area contributed by atoms with E-state index < -0.39 is 0 Å². The van der Waals surface area contributed by atoms with E-state index >= 15 is 0 Å². The van der Waals surface area contributed by atoms with Crippen molar-refractivity contribution in [3.05, 3.63) is 0 Å². The maximum absolute atomic E-state index is 11.9. The predicted octanol–water partition coefficient (Wildman–Crippen LogP) is 3.08. The molecular weight excluding hydrogens is 198 g/mol. The van der Waals surface area contributed by atoms with Gasteiger partial charge >= 0.3 is 0 Å². The van der Waals surface area contributed by atoms with Gasteiger partial charge in [0, 0.05) is 12.5 Å². The minimum atomic E-state index is 0.222. The standard InChI is InChI=1S/C14H27NO/c1-9(2)13(10(3)4)8-15-14(16)11(5)12-6-7-12/h9-13H,6-8H2,1-5H3,(H,15,16). The van der Waals surface area contributed by atoms with Crippen LogP contribution in [0.1, 0.15) is 47.5 Å². The summed E-state index contributed by atoms with van der Waals surface area (Å²) >= 11 is 0. The Kier molecular flexibility index (Phi) is 4.82. The van der Waals surface area contributed by atoms with Gasteiger partial charge in [-0.25, -0.2) is 0 Å². The summed E-state index contributed by atoms with van der Waals surface area (Å²) < 4.78 is 0. The van der Waals surface area contributed by atoms with Gasteiger partial charge in [-0.3, -0.25) is 4.79 Å². The molecule has 0 aromatic heterocycles. The van der Waals surface area contributed by atoms with Crippen LogP contribution in [0.3, 0.4) is 0 Å². The summed E-state index contributed by atoms with van der Waals surface area (Å²) in [5, 5.41) is 3.13. The van der Waals surface area contributed by atoms with Crippen molar-refractivity contribution >= 4 is 5.91 Å². The summed E-state index contributed by atoms with van der Waals surface area (Å²) in [5.74, 6) is 3.01. The fourth-order valence-corrected chi connectivity index (χ4v) is 2.43. The quantitative estimate of drug-likeness (QED) is 0.739. The zero-order valence-electron chi connectivity index (χ0n) is 11.4. The van der Waals surface area contributed by atoms with Crippen LogP contribution in [0, 0.1) is 29.6 Å². The molecule has 94 valence electrons. The summed E-state index contributed by atoms with van der Waals surface area (Å²) in [6.45, 7) is 11.8. The van der Waals surface area contributed by atoms with Crippen molar-refractivity contribution in [2.45, 2.75) is 47.5 Å². The SMILES string of the molecule is CC(C)C(CNC(=O)C(C)C1CC1)C(C)C. The highest BCUT2D eigenvalue weighted by Gasteiger charge is 2.32. The van der Waals surface area contributed by atoms with E-state index in [0.29, 0.717) is 23.7 Å². The lowest BCUT2D eigenvalue weighted by Gasteiger charge is -2.25. The lowest BCUT2D eigenvalue weighted by Crippen LogP contribution is -2.37. The molecule has 0 saturated heterocycles. The molecule has 1 rings (SSSR count). The molecule has 0 heterocycles. The van der Waals surface area contributed by atoms with Crippen molar-refractivity contribution in [3.63, 3.8) is 0 Å². The van der Waals surface area contributed by atoms with E-state index in [9.17, 15) is 4.79 Å². The Bertz CT molecular complexity index is 223. The molecule has 0 radical (unpaired) electrons. The van der Waals surface area contributed by atoms with Gasteiger partial charge in [-0.1, -0.05) is 34.6 Å². The molecule has 0 aromatic rings. The van der Waals surface area contributed by atoms with Crippen LogP contribution in [0.4, 0.5) is 0 Å². The first kappa shape index (κ1) is 13.5. The molecular formula is C14H27NO. The second kappa shape index (κ2) is 5.70. The molecule has 1 unspecified atom stereocenters. The molecule has 1 aliphatic rings. The van der Waals surface area contributed by atoms with Crippen LogP contribution in [0.15, 0.2) is 0 Å². The second-order valence-electron chi connectivity index (χ2n) is 6.02. The largest absolute Gasteiger partial charge is 0.356 e. The van der Waals surface area contributed by atoms with Crippen molar-refractivity contribution < 1.29 is 4.79 Å². The molecule has 0 spiro atoms. The molecule has 2 heteroatoms. The number of carbonyl (C=O) groups is 1. The van der Waals surface area contributed by atoms with Crippen LogP contribution in [0.25, 0.3) is 0 Å². The lowest BCUT2D eigenvalue weighted by molar-refractivity contribution is -0.125. The maximum atomic E-state index is 11.9. The first-order valence-electron chi connectivity index (χ1n) is 6.71. The third-order valence-corrected chi connectivity index (χ3v) is 3.97. The Labute approximate surface area is 100 Å². The van der Waals surface area contributed by atoms with Crippen molar-refractivity contribution in [1.29, 1.82) is 0 Å². The highest BCUT2D eigenvalue weighted by Crippen LogP contribution is 2.36. The van der Waals surface area contributed by atoms with Crippen LogP contribution >= 0.6 is 0 Å². The molecule has 2 nitrogen and oxygen atoms in total. The molecule has 1 amide bonds. The second-order valence-corrected chi connectivity index (χ2v) is 6.02. The Morgan fingerprint density at radius 1 is 1.12 bits per heavy atom. The molecule has 1 atom stereocenters. The molecule has 1 aliphatic carbocycles. The minimum Gasteiger partial charge on any atom is -0.356 e. The Morgan fingerprint density at radius 2 is 1.62 bits per heavy atom. The lowest BCUT2D eigenvalue weighted by atomic mass is 9.85. The maximum Gasteiger partial charge on any atom is 0.223 e. The summed E-state index contributed by atoms with van der Waals surface area (Å²) in [7, 11) is 0. The number of hydrogen-bond donors (Lipinski definition) is 1. The average Bonchev–Trinajstić information content (AvgIpc) is 2.98. The van der Waals surface area contributed by atoms with E-state index in [1.54, 1.807) is 0 Å². The van der Waals surface area contributed by atoms with Crippen LogP contribution in [0.5, 0.6) is 0 Å². The third-order valence-electron chi connectivity index (χ3n) is 3.97. The van der Waals surface area contributed by atoms with Gasteiger partial charge in [0.2, 0.25) is 5.91 Å². The van der Waals surface area contributed by atoms with E-state index in [-0.39, 0.29) is 11.8 Å². The Hall–Kier alpha value is -0.530. The first-order valence-corrected chi connectivity index (χ1v) is 6.71. The number of rotatable bonds is 6. The highest BCUT2D eigenvalue weighted by molar-refractivity contribution is 5.78. The first-order chi connectivity index (χ1) is 7.43. The molecule has 1 saturated carbocycles. The highest BCUT2D eigenvalue weighted by atomic mass is 16.1. The molecule has 0 aromatic carbocycles. The van der Waals surface area contributed by atoms with E-state index in [2.05, 4.69) is 39.9 Å². The summed E-state index contributed by atoms with van der Waals surface area (Å²) in [5.41, 5.74) is 0. The van der Waals surface area contributed by atoms with Crippen molar-refractivity contribution in [2.24, 2.45) is 29.6 Å². The van der Waals surface area contributed by atoms with Crippen LogP contribution in [-0.2, 0) is 4.79 Å². The van der Waals surface area contributed by atoms with Crippen LogP contribution < -0.4 is 5.32 Å². The van der Waals surface area contributed by atoms with E-state index in [1.165, 1.54) is 12.8 Å². The smallest absolute Gasteiger partial charge is 0.223 e. The molecule has 16 heavy (non-hydrogen) atoms. The minimum absolute atomic E-state index is 0.222. The fourth-order valence-electron chi connectivity index (χ4n) is 2.43. The number of carbonyl (C=O) groups excluding carboxylic acids is 1. The van der Waals surface area contributed by atoms with E-state index in [1.807, 2.05) is 0 Å². The fraction of sp³-hybridized carbons (Fsp3) is 0.929. The molecule has 1 fully saturated rings. The number of hydrogen-bond acceptors (Lipinski definition) is 1. The molecule has 0 bridgehead atoms. The van der Waals surface area contributed by atoms with Gasteiger partial charge in [0.15, 0.2) is 0 Å². The van der Waals surface area contributed by atoms with Gasteiger partial charge < -0.3 is 5.32 Å². The van der Waals surface area contributed by atoms with Gasteiger partial charge in [-0.15, -0.1) is 0 Å². The van der Waals surface area contributed by atoms with Gasteiger partial charge in [0.25, 0.3) is 0 Å². The zero-order chi connectivity index (χ0) is 12.3. The van der Waals surface area contributed by atoms with Crippen molar-refractivity contribution in [2.75, 3.05) is 6.54 Å². The predicted molar refractivity (Wildman–Crippen MR) is 68.1 cm³/mol. The summed E-state index contributed by atoms with van der Waals surface area (Å²) in [6.07, 6.45) is 2.48. The molecule has 1 N–H and O–H groups in total. The van der Waals surface area contributed by atoms with Crippen LogP contribution in [-0.4, -0.2) is 12.5 Å².